The van der Waals surface area contributed by atoms with E-state index < -0.39 is 0 Å². The van der Waals surface area contributed by atoms with Crippen LogP contribution in [0.3, 0.4) is 0 Å². The van der Waals surface area contributed by atoms with E-state index in [0.717, 1.165) is 21.5 Å². The quantitative estimate of drug-likeness (QED) is 0.746. The molecule has 0 saturated carbocycles. The highest BCUT2D eigenvalue weighted by Gasteiger charge is 2.09. The van der Waals surface area contributed by atoms with E-state index in [9.17, 15) is 0 Å². The summed E-state index contributed by atoms with van der Waals surface area (Å²) in [5.74, 6) is 0. The van der Waals surface area contributed by atoms with E-state index in [-0.39, 0.29) is 0 Å². The van der Waals surface area contributed by atoms with Crippen LogP contribution >= 0.6 is 11.8 Å². The smallest absolute Gasteiger partial charge is 0.0715 e. The molecule has 2 N–H and O–H groups in total. The Kier molecular flexibility index (Phi) is 3.36. The number of benzene rings is 2. The fourth-order valence-corrected chi connectivity index (χ4v) is 3.30. The van der Waals surface area contributed by atoms with Gasteiger partial charge >= 0.3 is 0 Å². The third-order valence-corrected chi connectivity index (χ3v) is 4.63. The van der Waals surface area contributed by atoms with Crippen LogP contribution in [0.1, 0.15) is 11.1 Å². The molecule has 2 aromatic carbocycles. The number of aryl methyl sites for hydroxylation is 2. The molecule has 0 aliphatic carbocycles. The summed E-state index contributed by atoms with van der Waals surface area (Å²) in [6.45, 7) is 4.24. The highest BCUT2D eigenvalue weighted by atomic mass is 32.2. The molecule has 0 radical (unpaired) electrons. The van der Waals surface area contributed by atoms with Gasteiger partial charge in [-0.15, -0.1) is 0 Å². The maximum Gasteiger partial charge on any atom is 0.0715 e. The highest BCUT2D eigenvalue weighted by molar-refractivity contribution is 7.99. The first-order valence-electron chi connectivity index (χ1n) is 6.53. The van der Waals surface area contributed by atoms with Crippen LogP contribution in [0.5, 0.6) is 0 Å². The zero-order valence-electron chi connectivity index (χ0n) is 11.6. The second-order valence-electron chi connectivity index (χ2n) is 4.93. The van der Waals surface area contributed by atoms with Gasteiger partial charge in [0.2, 0.25) is 0 Å². The van der Waals surface area contributed by atoms with Gasteiger partial charge in [0.05, 0.1) is 17.4 Å². The van der Waals surface area contributed by atoms with Gasteiger partial charge in [-0.25, -0.2) is 0 Å². The number of aromatic nitrogens is 1. The summed E-state index contributed by atoms with van der Waals surface area (Å²) in [7, 11) is 0. The Balaban J connectivity index is 2.12. The highest BCUT2D eigenvalue weighted by Crippen LogP contribution is 2.38. The van der Waals surface area contributed by atoms with Crippen molar-refractivity contribution in [1.29, 1.82) is 0 Å². The van der Waals surface area contributed by atoms with Gasteiger partial charge in [0.25, 0.3) is 0 Å². The molecule has 0 aliphatic heterocycles. The maximum absolute atomic E-state index is 6.13. The van der Waals surface area contributed by atoms with Gasteiger partial charge in [0.15, 0.2) is 0 Å². The van der Waals surface area contributed by atoms with Gasteiger partial charge in [-0.2, -0.15) is 0 Å². The number of fused-ring (bicyclic) bond motifs is 1. The lowest BCUT2D eigenvalue weighted by atomic mass is 10.2. The molecule has 0 unspecified atom stereocenters. The molecular formula is C17H16N2S. The minimum atomic E-state index is 0.730. The Hall–Kier alpha value is -2.00. The van der Waals surface area contributed by atoms with Gasteiger partial charge in [-0.1, -0.05) is 47.7 Å². The van der Waals surface area contributed by atoms with Gasteiger partial charge in [0, 0.05) is 15.2 Å². The zero-order chi connectivity index (χ0) is 14.1. The number of para-hydroxylation sites is 1. The number of anilines is 1. The van der Waals surface area contributed by atoms with Crippen molar-refractivity contribution >= 4 is 28.4 Å². The molecule has 0 atom stereocenters. The summed E-state index contributed by atoms with van der Waals surface area (Å²) in [5.41, 5.74) is 10.4. The average molecular weight is 280 g/mol. The van der Waals surface area contributed by atoms with Crippen molar-refractivity contribution in [2.75, 3.05) is 5.73 Å². The van der Waals surface area contributed by atoms with Gasteiger partial charge < -0.3 is 5.73 Å². The number of nitrogens with two attached hydrogens (primary N) is 1. The van der Waals surface area contributed by atoms with Crippen LogP contribution in [0.25, 0.3) is 10.9 Å². The van der Waals surface area contributed by atoms with Crippen molar-refractivity contribution in [1.82, 2.24) is 4.98 Å². The first kappa shape index (κ1) is 13.0. The van der Waals surface area contributed by atoms with Crippen molar-refractivity contribution in [3.05, 3.63) is 59.8 Å². The Morgan fingerprint density at radius 1 is 1.05 bits per heavy atom. The lowest BCUT2D eigenvalue weighted by Gasteiger charge is -2.11. The van der Waals surface area contributed by atoms with E-state index >= 15 is 0 Å². The standard InChI is InChI=1S/C17H16N2S/c1-11-7-8-16(12(2)9-11)20-17-13-5-3-4-6-15(13)19-10-14(17)18/h3-10H,18H2,1-2H3. The molecule has 1 aromatic heterocycles. The Morgan fingerprint density at radius 2 is 1.85 bits per heavy atom. The van der Waals surface area contributed by atoms with E-state index in [0.29, 0.717) is 0 Å². The minimum absolute atomic E-state index is 0.730. The molecule has 0 saturated heterocycles. The summed E-state index contributed by atoms with van der Waals surface area (Å²) < 4.78 is 0. The molecular weight excluding hydrogens is 264 g/mol. The van der Waals surface area contributed by atoms with Crippen LogP contribution in [0, 0.1) is 13.8 Å². The van der Waals surface area contributed by atoms with Crippen molar-refractivity contribution < 1.29 is 0 Å². The van der Waals surface area contributed by atoms with E-state index in [1.54, 1.807) is 18.0 Å². The van der Waals surface area contributed by atoms with Crippen molar-refractivity contribution in [3.8, 4) is 0 Å². The molecule has 0 fully saturated rings. The van der Waals surface area contributed by atoms with E-state index in [1.165, 1.54) is 16.0 Å². The Labute approximate surface area is 123 Å². The van der Waals surface area contributed by atoms with Crippen LogP contribution in [-0.4, -0.2) is 4.98 Å². The largest absolute Gasteiger partial charge is 0.397 e. The summed E-state index contributed by atoms with van der Waals surface area (Å²) in [4.78, 5) is 6.70. The maximum atomic E-state index is 6.13. The lowest BCUT2D eigenvalue weighted by Crippen LogP contribution is -1.93. The number of hydrogen-bond donors (Lipinski definition) is 1. The average Bonchev–Trinajstić information content (AvgIpc) is 2.44. The lowest BCUT2D eigenvalue weighted by molar-refractivity contribution is 1.26. The van der Waals surface area contributed by atoms with Crippen molar-refractivity contribution in [2.24, 2.45) is 0 Å². The van der Waals surface area contributed by atoms with Crippen LogP contribution in [0.2, 0.25) is 0 Å². The number of nitrogen functional groups attached to an aromatic ring is 1. The molecule has 0 amide bonds. The van der Waals surface area contributed by atoms with Gasteiger partial charge in [-0.05, 0) is 31.5 Å². The van der Waals surface area contributed by atoms with Gasteiger partial charge in [0.1, 0.15) is 0 Å². The summed E-state index contributed by atoms with van der Waals surface area (Å²) >= 11 is 1.71. The second-order valence-corrected chi connectivity index (χ2v) is 5.98. The molecule has 3 rings (SSSR count). The first-order valence-corrected chi connectivity index (χ1v) is 7.35. The molecule has 100 valence electrons. The molecule has 3 heteroatoms. The molecule has 1 heterocycles. The Morgan fingerprint density at radius 3 is 2.65 bits per heavy atom. The number of rotatable bonds is 2. The summed E-state index contributed by atoms with van der Waals surface area (Å²) in [5, 5.41) is 1.11. The predicted octanol–water partition coefficient (Wildman–Crippen LogP) is 4.59. The van der Waals surface area contributed by atoms with E-state index in [1.807, 2.05) is 18.2 Å². The van der Waals surface area contributed by atoms with E-state index in [4.69, 9.17) is 5.73 Å². The van der Waals surface area contributed by atoms with Crippen LogP contribution in [0.15, 0.2) is 58.5 Å². The Bertz CT molecular complexity index is 781. The summed E-state index contributed by atoms with van der Waals surface area (Å²) in [6.07, 6.45) is 1.74. The molecule has 0 aliphatic rings. The van der Waals surface area contributed by atoms with Crippen molar-refractivity contribution in [2.45, 2.75) is 23.6 Å². The molecule has 2 nitrogen and oxygen atoms in total. The van der Waals surface area contributed by atoms with Crippen LogP contribution < -0.4 is 5.73 Å². The fourth-order valence-electron chi connectivity index (χ4n) is 2.27. The molecule has 0 bridgehead atoms. The topological polar surface area (TPSA) is 38.9 Å². The number of nitrogens with zero attached hydrogens (tertiary/aromatic N) is 1. The molecule has 3 aromatic rings. The first-order chi connectivity index (χ1) is 9.65. The number of hydrogen-bond acceptors (Lipinski definition) is 3. The third-order valence-electron chi connectivity index (χ3n) is 3.30. The number of pyridine rings is 1. The third kappa shape index (κ3) is 2.37. The zero-order valence-corrected chi connectivity index (χ0v) is 12.4. The summed E-state index contributed by atoms with van der Waals surface area (Å²) in [6, 6.07) is 14.6. The van der Waals surface area contributed by atoms with Crippen LogP contribution in [0.4, 0.5) is 5.69 Å². The molecule has 0 spiro atoms. The normalized spacial score (nSPS) is 10.9. The second kappa shape index (κ2) is 5.17. The monoisotopic (exact) mass is 280 g/mol. The van der Waals surface area contributed by atoms with Crippen molar-refractivity contribution in [3.63, 3.8) is 0 Å². The fraction of sp³-hybridized carbons (Fsp3) is 0.118. The molecule has 20 heavy (non-hydrogen) atoms. The SMILES string of the molecule is Cc1ccc(Sc2c(N)cnc3ccccc23)c(C)c1. The van der Waals surface area contributed by atoms with E-state index in [2.05, 4.69) is 43.1 Å². The minimum Gasteiger partial charge on any atom is -0.397 e. The van der Waals surface area contributed by atoms with Crippen LogP contribution in [-0.2, 0) is 0 Å². The van der Waals surface area contributed by atoms with Gasteiger partial charge in [-0.3, -0.25) is 4.98 Å². The predicted molar refractivity (Wildman–Crippen MR) is 86.2 cm³/mol.